The second kappa shape index (κ2) is 14.0. The number of hydrogen-bond donors (Lipinski definition) is 2. The minimum atomic E-state index is 0. The number of amides is 1. The Kier molecular flexibility index (Phi) is 11.8. The number of hydrogen-bond acceptors (Lipinski definition) is 4. The molecule has 32 heavy (non-hydrogen) atoms. The maximum absolute atomic E-state index is 12.6. The number of carbonyl (C=O) groups excluding carboxylic acids is 1. The molecule has 1 aliphatic heterocycles. The van der Waals surface area contributed by atoms with Gasteiger partial charge in [-0.25, -0.2) is 0 Å². The topological polar surface area (TPSA) is 77.8 Å². The molecule has 8 nitrogen and oxygen atoms in total. The molecule has 2 fully saturated rings. The van der Waals surface area contributed by atoms with Crippen LogP contribution >= 0.6 is 24.0 Å². The van der Waals surface area contributed by atoms with Crippen LogP contribution in [0, 0.1) is 19.8 Å². The van der Waals surface area contributed by atoms with Gasteiger partial charge in [-0.2, -0.15) is 5.10 Å². The van der Waals surface area contributed by atoms with Crippen molar-refractivity contribution in [2.45, 2.75) is 59.4 Å². The first-order valence-electron chi connectivity index (χ1n) is 12.1. The molecule has 0 aromatic carbocycles. The third-order valence-electron chi connectivity index (χ3n) is 6.35. The Hall–Kier alpha value is -1.36. The van der Waals surface area contributed by atoms with Crippen molar-refractivity contribution in [2.24, 2.45) is 10.9 Å². The van der Waals surface area contributed by atoms with Crippen molar-refractivity contribution in [1.29, 1.82) is 0 Å². The van der Waals surface area contributed by atoms with E-state index in [0.717, 1.165) is 89.8 Å². The van der Waals surface area contributed by atoms with Crippen LogP contribution in [0.4, 0.5) is 0 Å². The molecular weight excluding hydrogens is 517 g/mol. The lowest BCUT2D eigenvalue weighted by Crippen LogP contribution is -2.51. The van der Waals surface area contributed by atoms with Gasteiger partial charge in [-0.05, 0) is 46.1 Å². The van der Waals surface area contributed by atoms with Gasteiger partial charge >= 0.3 is 0 Å². The second-order valence-electron chi connectivity index (χ2n) is 8.84. The van der Waals surface area contributed by atoms with E-state index in [1.807, 2.05) is 6.92 Å². The molecule has 2 N–H and O–H groups in total. The molecule has 9 heteroatoms. The Balaban J connectivity index is 0.00000363. The van der Waals surface area contributed by atoms with Crippen LogP contribution in [0.1, 0.15) is 50.4 Å². The van der Waals surface area contributed by atoms with E-state index >= 15 is 0 Å². The Bertz CT molecular complexity index is 722. The van der Waals surface area contributed by atoms with Gasteiger partial charge in [0.1, 0.15) is 0 Å². The molecule has 1 aliphatic carbocycles. The molecule has 0 bridgehead atoms. The zero-order valence-electron chi connectivity index (χ0n) is 20.1. The highest BCUT2D eigenvalue weighted by molar-refractivity contribution is 14.0. The third kappa shape index (κ3) is 8.20. The normalized spacial score (nSPS) is 18.0. The molecule has 3 rings (SSSR count). The lowest BCUT2D eigenvalue weighted by Gasteiger charge is -2.36. The lowest BCUT2D eigenvalue weighted by molar-refractivity contribution is -0.137. The zero-order valence-corrected chi connectivity index (χ0v) is 22.4. The van der Waals surface area contributed by atoms with Crippen molar-refractivity contribution in [3.05, 3.63) is 17.5 Å². The van der Waals surface area contributed by atoms with Crippen molar-refractivity contribution in [3.8, 4) is 0 Å². The summed E-state index contributed by atoms with van der Waals surface area (Å²) < 4.78 is 2.06. The summed E-state index contributed by atoms with van der Waals surface area (Å²) in [5.74, 6) is 1.58. The van der Waals surface area contributed by atoms with Gasteiger partial charge in [0.2, 0.25) is 5.91 Å². The minimum Gasteiger partial charge on any atom is -0.357 e. The summed E-state index contributed by atoms with van der Waals surface area (Å²) >= 11 is 0. The fraction of sp³-hybridized carbons (Fsp3) is 0.783. The highest BCUT2D eigenvalue weighted by Crippen LogP contribution is 2.26. The second-order valence-corrected chi connectivity index (χ2v) is 8.84. The van der Waals surface area contributed by atoms with Crippen LogP contribution in [0.3, 0.4) is 0 Å². The first-order valence-corrected chi connectivity index (χ1v) is 12.1. The van der Waals surface area contributed by atoms with Crippen LogP contribution in [0.5, 0.6) is 0 Å². The summed E-state index contributed by atoms with van der Waals surface area (Å²) in [6.45, 7) is 14.3. The summed E-state index contributed by atoms with van der Waals surface area (Å²) in [5.41, 5.74) is 2.27. The van der Waals surface area contributed by atoms with Crippen LogP contribution in [0.25, 0.3) is 0 Å². The molecule has 0 radical (unpaired) electrons. The average molecular weight is 560 g/mol. The Morgan fingerprint density at radius 2 is 1.84 bits per heavy atom. The van der Waals surface area contributed by atoms with Gasteiger partial charge in [-0.3, -0.25) is 19.4 Å². The van der Waals surface area contributed by atoms with E-state index in [1.165, 1.54) is 18.5 Å². The standard InChI is InChI=1S/C23H41N7O.HI/c1-4-24-23(25-10-7-12-30-20(3)18-19(2)27-30)26-11-13-28-14-16-29(17-15-28)22(31)21-8-5-6-9-21;/h18,21H,4-17H2,1-3H3,(H2,24,25,26);1H. The predicted octanol–water partition coefficient (Wildman–Crippen LogP) is 2.40. The number of rotatable bonds is 9. The number of nitrogens with zero attached hydrogens (tertiary/aromatic N) is 5. The van der Waals surface area contributed by atoms with E-state index in [0.29, 0.717) is 11.8 Å². The minimum absolute atomic E-state index is 0. The zero-order chi connectivity index (χ0) is 22.1. The molecule has 2 aliphatic rings. The SMILES string of the molecule is CCNC(=NCCCn1nc(C)cc1C)NCCN1CCN(C(=O)C2CCCC2)CC1.I. The number of aliphatic imine (C=N–C) groups is 1. The van der Waals surface area contributed by atoms with Gasteiger partial charge in [-0.15, -0.1) is 24.0 Å². The van der Waals surface area contributed by atoms with E-state index < -0.39 is 0 Å². The Morgan fingerprint density at radius 1 is 1.12 bits per heavy atom. The molecule has 0 unspecified atom stereocenters. The van der Waals surface area contributed by atoms with E-state index in [1.54, 1.807) is 0 Å². The quantitative estimate of drug-likeness (QED) is 0.210. The number of aryl methyl sites for hydroxylation is 3. The van der Waals surface area contributed by atoms with Crippen molar-refractivity contribution in [3.63, 3.8) is 0 Å². The monoisotopic (exact) mass is 559 g/mol. The maximum Gasteiger partial charge on any atom is 0.225 e. The van der Waals surface area contributed by atoms with Gasteiger partial charge in [0, 0.05) is 70.5 Å². The number of nitrogens with one attached hydrogen (secondary N) is 2. The van der Waals surface area contributed by atoms with Crippen LogP contribution in [0.2, 0.25) is 0 Å². The van der Waals surface area contributed by atoms with Crippen LogP contribution < -0.4 is 10.6 Å². The maximum atomic E-state index is 12.6. The highest BCUT2D eigenvalue weighted by Gasteiger charge is 2.29. The molecule has 2 heterocycles. The van der Waals surface area contributed by atoms with Gasteiger partial charge < -0.3 is 15.5 Å². The molecule has 1 saturated heterocycles. The summed E-state index contributed by atoms with van der Waals surface area (Å²) in [4.78, 5) is 21.8. The van der Waals surface area contributed by atoms with Crippen LogP contribution in [0.15, 0.2) is 11.1 Å². The van der Waals surface area contributed by atoms with Crippen molar-refractivity contribution in [2.75, 3.05) is 52.4 Å². The lowest BCUT2D eigenvalue weighted by atomic mass is 10.1. The molecular formula is C23H42IN7O. The smallest absolute Gasteiger partial charge is 0.225 e. The Morgan fingerprint density at radius 3 is 2.47 bits per heavy atom. The van der Waals surface area contributed by atoms with Gasteiger partial charge in [0.05, 0.1) is 5.69 Å². The molecule has 0 spiro atoms. The van der Waals surface area contributed by atoms with Gasteiger partial charge in [-0.1, -0.05) is 12.8 Å². The first kappa shape index (κ1) is 26.9. The number of halogens is 1. The number of guanidine groups is 1. The predicted molar refractivity (Wildman–Crippen MR) is 141 cm³/mol. The molecule has 1 amide bonds. The number of piperazine rings is 1. The number of aromatic nitrogens is 2. The van der Waals surface area contributed by atoms with E-state index in [2.05, 4.69) is 50.1 Å². The van der Waals surface area contributed by atoms with Gasteiger partial charge in [0.25, 0.3) is 0 Å². The molecule has 1 aromatic rings. The van der Waals surface area contributed by atoms with Crippen LogP contribution in [-0.2, 0) is 11.3 Å². The van der Waals surface area contributed by atoms with E-state index in [-0.39, 0.29) is 24.0 Å². The van der Waals surface area contributed by atoms with Crippen molar-refractivity contribution < 1.29 is 4.79 Å². The fourth-order valence-corrected chi connectivity index (χ4v) is 4.61. The van der Waals surface area contributed by atoms with E-state index in [9.17, 15) is 4.79 Å². The summed E-state index contributed by atoms with van der Waals surface area (Å²) in [6.07, 6.45) is 5.60. The number of carbonyl (C=O) groups is 1. The summed E-state index contributed by atoms with van der Waals surface area (Å²) in [5, 5.41) is 11.3. The van der Waals surface area contributed by atoms with Crippen molar-refractivity contribution in [1.82, 2.24) is 30.2 Å². The third-order valence-corrected chi connectivity index (χ3v) is 6.35. The Labute approximate surface area is 210 Å². The van der Waals surface area contributed by atoms with Crippen molar-refractivity contribution >= 4 is 35.8 Å². The molecule has 1 aromatic heterocycles. The molecule has 1 saturated carbocycles. The highest BCUT2D eigenvalue weighted by atomic mass is 127. The fourth-order valence-electron chi connectivity index (χ4n) is 4.61. The molecule has 0 atom stereocenters. The molecule has 182 valence electrons. The first-order chi connectivity index (χ1) is 15.1. The van der Waals surface area contributed by atoms with Crippen LogP contribution in [-0.4, -0.2) is 83.8 Å². The van der Waals surface area contributed by atoms with E-state index in [4.69, 9.17) is 4.99 Å². The summed E-state index contributed by atoms with van der Waals surface area (Å²) in [7, 11) is 0. The largest absolute Gasteiger partial charge is 0.357 e. The van der Waals surface area contributed by atoms with Gasteiger partial charge in [0.15, 0.2) is 5.96 Å². The average Bonchev–Trinajstić information content (AvgIpc) is 3.41. The summed E-state index contributed by atoms with van der Waals surface area (Å²) in [6, 6.07) is 2.11.